The van der Waals surface area contributed by atoms with Crippen LogP contribution in [0.1, 0.15) is 43.9 Å². The van der Waals surface area contributed by atoms with Gasteiger partial charge in [0.2, 0.25) is 0 Å². The van der Waals surface area contributed by atoms with Crippen molar-refractivity contribution in [3.05, 3.63) is 77.0 Å². The predicted octanol–water partition coefficient (Wildman–Crippen LogP) is 5.08. The van der Waals surface area contributed by atoms with E-state index >= 15 is 0 Å². The maximum atomic E-state index is 13.2. The normalized spacial score (nSPS) is 20.8. The van der Waals surface area contributed by atoms with Crippen LogP contribution in [-0.2, 0) is 11.8 Å². The van der Waals surface area contributed by atoms with E-state index in [9.17, 15) is 4.79 Å². The summed E-state index contributed by atoms with van der Waals surface area (Å²) in [6.45, 7) is 6.21. The molecule has 1 unspecified atom stereocenters. The van der Waals surface area contributed by atoms with Crippen molar-refractivity contribution in [1.82, 2.24) is 9.55 Å². The number of allylic oxidation sites excluding steroid dienone is 2. The molecule has 0 fully saturated rings. The van der Waals surface area contributed by atoms with Crippen LogP contribution in [-0.4, -0.2) is 21.2 Å². The molecule has 0 saturated heterocycles. The number of hydrogen-bond acceptors (Lipinski definition) is 7. The van der Waals surface area contributed by atoms with E-state index in [0.29, 0.717) is 40.7 Å². The first-order valence-electron chi connectivity index (χ1n) is 11.6. The van der Waals surface area contributed by atoms with Crippen molar-refractivity contribution < 1.29 is 9.21 Å². The molecule has 0 bridgehead atoms. The maximum Gasteiger partial charge on any atom is 0.176 e. The number of aromatic nitrogens is 2. The molecule has 2 aliphatic rings. The third kappa shape index (κ3) is 4.23. The molecule has 0 radical (unpaired) electrons. The third-order valence-electron chi connectivity index (χ3n) is 6.60. The molecular formula is C27H29N5O2S. The molecule has 8 heteroatoms. The van der Waals surface area contributed by atoms with Gasteiger partial charge < -0.3 is 20.5 Å². The number of aliphatic imine (C=N–C) groups is 1. The summed E-state index contributed by atoms with van der Waals surface area (Å²) in [5, 5.41) is 1.48. The minimum atomic E-state index is -0.463. The second kappa shape index (κ2) is 8.61. The number of imidazole rings is 1. The molecule has 0 spiro atoms. The predicted molar refractivity (Wildman–Crippen MR) is 138 cm³/mol. The van der Waals surface area contributed by atoms with E-state index in [2.05, 4.69) is 55.0 Å². The summed E-state index contributed by atoms with van der Waals surface area (Å²) in [5.74, 6) is 0.555. The summed E-state index contributed by atoms with van der Waals surface area (Å²) >= 11 is 1.43. The van der Waals surface area contributed by atoms with Crippen LogP contribution in [0.25, 0.3) is 11.3 Å². The maximum absolute atomic E-state index is 13.2. The molecule has 0 amide bonds. The summed E-state index contributed by atoms with van der Waals surface area (Å²) in [5.41, 5.74) is 17.4. The monoisotopic (exact) mass is 487 g/mol. The Labute approximate surface area is 209 Å². The fourth-order valence-corrected chi connectivity index (χ4v) is 5.63. The first-order chi connectivity index (χ1) is 16.7. The van der Waals surface area contributed by atoms with Crippen molar-refractivity contribution in [2.45, 2.75) is 49.8 Å². The number of carbonyl (C=O) groups excluding carboxylic acids is 1. The lowest BCUT2D eigenvalue weighted by Crippen LogP contribution is -2.35. The molecule has 1 aromatic carbocycles. The SMILES string of the molecule is Cc1ccc(-c2cnc(Sc3ccc(C4C5=C(CC(C)(C)CC5=O)N=C(N)/C4=C\N)o3)n2C)cc1. The van der Waals surface area contributed by atoms with Gasteiger partial charge in [0.1, 0.15) is 11.6 Å². The van der Waals surface area contributed by atoms with Gasteiger partial charge in [-0.25, -0.2) is 9.98 Å². The Bertz CT molecular complexity index is 1410. The van der Waals surface area contributed by atoms with Gasteiger partial charge in [-0.2, -0.15) is 0 Å². The van der Waals surface area contributed by atoms with Gasteiger partial charge in [0, 0.05) is 30.8 Å². The van der Waals surface area contributed by atoms with Crippen molar-refractivity contribution in [2.75, 3.05) is 0 Å². The zero-order chi connectivity index (χ0) is 24.9. The fourth-order valence-electron chi connectivity index (χ4n) is 4.83. The van der Waals surface area contributed by atoms with Crippen LogP contribution >= 0.6 is 11.8 Å². The molecule has 5 rings (SSSR count). The Morgan fingerprint density at radius 1 is 1.17 bits per heavy atom. The van der Waals surface area contributed by atoms with Crippen molar-refractivity contribution in [1.29, 1.82) is 0 Å². The van der Waals surface area contributed by atoms with Crippen LogP contribution in [0.2, 0.25) is 0 Å². The van der Waals surface area contributed by atoms with Crippen LogP contribution in [0, 0.1) is 12.3 Å². The first-order valence-corrected chi connectivity index (χ1v) is 12.4. The highest BCUT2D eigenvalue weighted by atomic mass is 32.2. The minimum absolute atomic E-state index is 0.0642. The fraction of sp³-hybridized carbons (Fsp3) is 0.296. The van der Waals surface area contributed by atoms with E-state index in [1.54, 1.807) is 0 Å². The molecule has 3 heterocycles. The van der Waals surface area contributed by atoms with Gasteiger partial charge in [-0.15, -0.1) is 0 Å². The van der Waals surface area contributed by atoms with E-state index < -0.39 is 5.92 Å². The quantitative estimate of drug-likeness (QED) is 0.531. The second-order valence-electron chi connectivity index (χ2n) is 9.96. The first kappa shape index (κ1) is 23.2. The van der Waals surface area contributed by atoms with Gasteiger partial charge >= 0.3 is 0 Å². The number of rotatable bonds is 4. The lowest BCUT2D eigenvalue weighted by molar-refractivity contribution is -0.118. The van der Waals surface area contributed by atoms with E-state index in [0.717, 1.165) is 22.1 Å². The number of benzene rings is 1. The second-order valence-corrected chi connectivity index (χ2v) is 10.9. The topological polar surface area (TPSA) is 112 Å². The summed E-state index contributed by atoms with van der Waals surface area (Å²) in [6, 6.07) is 12.1. The van der Waals surface area contributed by atoms with Crippen LogP contribution in [0.3, 0.4) is 0 Å². The highest BCUT2D eigenvalue weighted by Gasteiger charge is 2.42. The molecule has 1 aliphatic carbocycles. The standard InChI is InChI=1S/C27H29N5O2S/c1-15-5-7-16(8-6-15)19-14-30-26(32(19)4)35-22-10-9-21(34-22)23-17(13-28)25(29)31-18-11-27(2,3)12-20(33)24(18)23/h5-10,13-14,23H,11-12,28H2,1-4H3,(H2,29,31)/b17-13-. The largest absolute Gasteiger partial charge is 0.453 e. The van der Waals surface area contributed by atoms with Gasteiger partial charge in [-0.1, -0.05) is 43.7 Å². The number of furan rings is 1. The molecule has 3 aromatic rings. The van der Waals surface area contributed by atoms with E-state index in [1.807, 2.05) is 29.9 Å². The number of carbonyl (C=O) groups is 1. The molecule has 1 aliphatic heterocycles. The highest BCUT2D eigenvalue weighted by molar-refractivity contribution is 7.99. The Balaban J connectivity index is 1.46. The number of Topliss-reactive ketones (excluding diaryl/α,β-unsaturated/α-hetero) is 1. The molecule has 7 nitrogen and oxygen atoms in total. The molecule has 35 heavy (non-hydrogen) atoms. The number of aryl methyl sites for hydroxylation is 1. The third-order valence-corrected chi connectivity index (χ3v) is 7.58. The number of ketones is 1. The molecule has 2 aromatic heterocycles. The van der Waals surface area contributed by atoms with Gasteiger partial charge in [-0.05, 0) is 48.2 Å². The minimum Gasteiger partial charge on any atom is -0.453 e. The van der Waals surface area contributed by atoms with Crippen LogP contribution < -0.4 is 11.5 Å². The molecule has 1 atom stereocenters. The number of hydrogen-bond donors (Lipinski definition) is 2. The lowest BCUT2D eigenvalue weighted by atomic mass is 9.70. The summed E-state index contributed by atoms with van der Waals surface area (Å²) in [4.78, 5) is 22.3. The van der Waals surface area contributed by atoms with E-state index in [1.165, 1.54) is 23.5 Å². The summed E-state index contributed by atoms with van der Waals surface area (Å²) in [6.07, 6.45) is 4.43. The van der Waals surface area contributed by atoms with E-state index in [-0.39, 0.29) is 11.2 Å². The zero-order valence-corrected chi connectivity index (χ0v) is 21.1. The Hall–Kier alpha value is -3.52. The van der Waals surface area contributed by atoms with Gasteiger partial charge in [-0.3, -0.25) is 4.79 Å². The Morgan fingerprint density at radius 2 is 1.91 bits per heavy atom. The van der Waals surface area contributed by atoms with Crippen molar-refractivity contribution in [3.8, 4) is 11.3 Å². The lowest BCUT2D eigenvalue weighted by Gasteiger charge is -2.36. The Kier molecular flexibility index (Phi) is 5.71. The molecular weight excluding hydrogens is 458 g/mol. The van der Waals surface area contributed by atoms with Crippen molar-refractivity contribution >= 4 is 23.4 Å². The summed E-state index contributed by atoms with van der Waals surface area (Å²) < 4.78 is 8.30. The van der Waals surface area contributed by atoms with Crippen LogP contribution in [0.5, 0.6) is 0 Å². The number of nitrogens with two attached hydrogens (primary N) is 2. The van der Waals surface area contributed by atoms with Crippen LogP contribution in [0.4, 0.5) is 0 Å². The van der Waals surface area contributed by atoms with E-state index in [4.69, 9.17) is 15.9 Å². The van der Waals surface area contributed by atoms with Crippen molar-refractivity contribution in [2.24, 2.45) is 28.9 Å². The van der Waals surface area contributed by atoms with Crippen molar-refractivity contribution in [3.63, 3.8) is 0 Å². The summed E-state index contributed by atoms with van der Waals surface area (Å²) in [7, 11) is 1.99. The molecule has 180 valence electrons. The molecule has 4 N–H and O–H groups in total. The van der Waals surface area contributed by atoms with Gasteiger partial charge in [0.05, 0.1) is 23.5 Å². The van der Waals surface area contributed by atoms with Gasteiger partial charge in [0.25, 0.3) is 0 Å². The average Bonchev–Trinajstić information content (AvgIpc) is 3.40. The number of amidine groups is 1. The smallest absolute Gasteiger partial charge is 0.176 e. The van der Waals surface area contributed by atoms with Gasteiger partial charge in [0.15, 0.2) is 16.0 Å². The zero-order valence-electron chi connectivity index (χ0n) is 20.3. The van der Waals surface area contributed by atoms with Crippen LogP contribution in [0.15, 0.2) is 85.3 Å². The average molecular weight is 488 g/mol. The highest BCUT2D eigenvalue weighted by Crippen LogP contribution is 2.47. The number of nitrogens with zero attached hydrogens (tertiary/aromatic N) is 3. The Morgan fingerprint density at radius 3 is 2.63 bits per heavy atom. The molecule has 0 saturated carbocycles.